The van der Waals surface area contributed by atoms with Gasteiger partial charge in [0.25, 0.3) is 9.05 Å². The third-order valence-corrected chi connectivity index (χ3v) is 3.25. The van der Waals surface area contributed by atoms with Gasteiger partial charge in [-0.15, -0.1) is 0 Å². The Morgan fingerprint density at radius 2 is 2.00 bits per heavy atom. The van der Waals surface area contributed by atoms with Gasteiger partial charge in [-0.3, -0.25) is 0 Å². The molecule has 4 nitrogen and oxygen atoms in total. The maximum atomic E-state index is 11.4. The Hall–Kier alpha value is -1.07. The molecule has 0 unspecified atom stereocenters. The van der Waals surface area contributed by atoms with Crippen LogP contribution in [-0.4, -0.2) is 21.5 Å². The number of ether oxygens (including phenoxy) is 1. The molecule has 0 atom stereocenters. The van der Waals surface area contributed by atoms with Gasteiger partial charge in [-0.1, -0.05) is 12.1 Å². The fourth-order valence-corrected chi connectivity index (χ4v) is 2.32. The maximum Gasteiger partial charge on any atom is 0.339 e. The number of carbonyl (C=O) groups excluding carboxylic acids is 1. The van der Waals surface area contributed by atoms with Gasteiger partial charge in [0.05, 0.1) is 17.6 Å². The summed E-state index contributed by atoms with van der Waals surface area (Å²) in [7, 11) is 2.44. The first kappa shape index (κ1) is 12.0. The fourth-order valence-electron chi connectivity index (χ4n) is 1.21. The largest absolute Gasteiger partial charge is 0.465 e. The minimum atomic E-state index is -3.94. The summed E-state index contributed by atoms with van der Waals surface area (Å²) in [5.74, 6) is -0.715. The predicted octanol–water partition coefficient (Wildman–Crippen LogP) is 1.71. The van der Waals surface area contributed by atoms with E-state index in [2.05, 4.69) is 4.74 Å². The zero-order valence-corrected chi connectivity index (χ0v) is 9.72. The van der Waals surface area contributed by atoms with Crippen molar-refractivity contribution in [2.24, 2.45) is 0 Å². The second-order valence-corrected chi connectivity index (χ2v) is 5.41. The quantitative estimate of drug-likeness (QED) is 0.591. The SMILES string of the molecule is COC(=O)c1c(C)cccc1S(=O)(=O)Cl. The number of methoxy groups -OCH3 is 1. The summed E-state index contributed by atoms with van der Waals surface area (Å²) in [6, 6.07) is 4.39. The van der Waals surface area contributed by atoms with Crippen LogP contribution < -0.4 is 0 Å². The van der Waals surface area contributed by atoms with Crippen LogP contribution in [0.25, 0.3) is 0 Å². The van der Waals surface area contributed by atoms with Gasteiger partial charge in [0.15, 0.2) is 0 Å². The summed E-state index contributed by atoms with van der Waals surface area (Å²) in [5, 5.41) is 0. The van der Waals surface area contributed by atoms with E-state index in [1.807, 2.05) is 0 Å². The molecule has 0 spiro atoms. The van der Waals surface area contributed by atoms with Crippen LogP contribution >= 0.6 is 10.7 Å². The number of hydrogen-bond acceptors (Lipinski definition) is 4. The van der Waals surface area contributed by atoms with Gasteiger partial charge in [-0.2, -0.15) is 0 Å². The Bertz CT molecular complexity index is 493. The van der Waals surface area contributed by atoms with Crippen LogP contribution in [0.3, 0.4) is 0 Å². The first-order valence-corrected chi connectivity index (χ1v) is 6.31. The minimum absolute atomic E-state index is 0.0185. The molecule has 0 saturated heterocycles. The molecular formula is C9H9ClO4S. The van der Waals surface area contributed by atoms with E-state index in [1.54, 1.807) is 13.0 Å². The maximum absolute atomic E-state index is 11.4. The van der Waals surface area contributed by atoms with Gasteiger partial charge >= 0.3 is 5.97 Å². The van der Waals surface area contributed by atoms with Crippen LogP contribution in [0, 0.1) is 6.92 Å². The number of carbonyl (C=O) groups is 1. The van der Waals surface area contributed by atoms with E-state index in [0.717, 1.165) is 0 Å². The van der Waals surface area contributed by atoms with Gasteiger partial charge in [-0.05, 0) is 18.6 Å². The Morgan fingerprint density at radius 3 is 2.47 bits per heavy atom. The molecule has 1 aromatic rings. The first-order chi connectivity index (χ1) is 6.88. The van der Waals surface area contributed by atoms with E-state index in [9.17, 15) is 13.2 Å². The van der Waals surface area contributed by atoms with E-state index in [1.165, 1.54) is 19.2 Å². The normalized spacial score (nSPS) is 11.1. The van der Waals surface area contributed by atoms with Crippen LogP contribution in [0.4, 0.5) is 0 Å². The van der Waals surface area contributed by atoms with Crippen molar-refractivity contribution in [1.29, 1.82) is 0 Å². The summed E-state index contributed by atoms with van der Waals surface area (Å²) in [6.07, 6.45) is 0. The third kappa shape index (κ3) is 2.49. The van der Waals surface area contributed by atoms with Crippen molar-refractivity contribution in [2.75, 3.05) is 7.11 Å². The van der Waals surface area contributed by atoms with Gasteiger partial charge in [0, 0.05) is 10.7 Å². The summed E-state index contributed by atoms with van der Waals surface area (Å²) in [6.45, 7) is 1.61. The Kier molecular flexibility index (Phi) is 3.36. The molecule has 0 aliphatic heterocycles. The topological polar surface area (TPSA) is 60.4 Å². The lowest BCUT2D eigenvalue weighted by Gasteiger charge is -2.07. The molecule has 15 heavy (non-hydrogen) atoms. The molecule has 0 aliphatic rings. The second-order valence-electron chi connectivity index (χ2n) is 2.88. The van der Waals surface area contributed by atoms with Gasteiger partial charge < -0.3 is 4.74 Å². The molecule has 82 valence electrons. The van der Waals surface area contributed by atoms with Crippen LogP contribution in [0.5, 0.6) is 0 Å². The van der Waals surface area contributed by atoms with Gasteiger partial charge in [0.2, 0.25) is 0 Å². The Labute approximate surface area is 92.2 Å². The molecule has 0 amide bonds. The van der Waals surface area contributed by atoms with Gasteiger partial charge in [-0.25, -0.2) is 13.2 Å². The molecule has 0 fully saturated rings. The van der Waals surface area contributed by atoms with Crippen molar-refractivity contribution >= 4 is 25.7 Å². The number of aryl methyl sites for hydroxylation is 1. The molecule has 1 aromatic carbocycles. The predicted molar refractivity (Wildman–Crippen MR) is 55.6 cm³/mol. The van der Waals surface area contributed by atoms with E-state index >= 15 is 0 Å². The summed E-state index contributed by atoms with van der Waals surface area (Å²) < 4.78 is 26.9. The smallest absolute Gasteiger partial charge is 0.339 e. The second kappa shape index (κ2) is 4.20. The highest BCUT2D eigenvalue weighted by atomic mass is 35.7. The molecule has 6 heteroatoms. The molecule has 0 radical (unpaired) electrons. The number of esters is 1. The number of rotatable bonds is 2. The third-order valence-electron chi connectivity index (χ3n) is 1.89. The molecule has 0 aromatic heterocycles. The van der Waals surface area contributed by atoms with Crippen molar-refractivity contribution in [3.8, 4) is 0 Å². The number of hydrogen-bond donors (Lipinski definition) is 0. The van der Waals surface area contributed by atoms with Crippen molar-refractivity contribution in [3.05, 3.63) is 29.3 Å². The number of benzene rings is 1. The van der Waals surface area contributed by atoms with E-state index in [4.69, 9.17) is 10.7 Å². The van der Waals surface area contributed by atoms with Crippen LogP contribution in [-0.2, 0) is 13.8 Å². The molecule has 0 bridgehead atoms. The minimum Gasteiger partial charge on any atom is -0.465 e. The average Bonchev–Trinajstić information content (AvgIpc) is 2.15. The van der Waals surface area contributed by atoms with Crippen molar-refractivity contribution in [2.45, 2.75) is 11.8 Å². The molecule has 0 heterocycles. The van der Waals surface area contributed by atoms with Crippen molar-refractivity contribution in [1.82, 2.24) is 0 Å². The van der Waals surface area contributed by atoms with E-state index < -0.39 is 15.0 Å². The molecule has 1 rings (SSSR count). The van der Waals surface area contributed by atoms with Crippen molar-refractivity contribution < 1.29 is 17.9 Å². The number of halogens is 1. The van der Waals surface area contributed by atoms with E-state index in [-0.39, 0.29) is 10.5 Å². The Morgan fingerprint density at radius 1 is 1.40 bits per heavy atom. The standard InChI is InChI=1S/C9H9ClO4S/c1-6-4-3-5-7(15(10,12)13)8(6)9(11)14-2/h3-5H,1-2H3. The van der Waals surface area contributed by atoms with Crippen LogP contribution in [0.15, 0.2) is 23.1 Å². The van der Waals surface area contributed by atoms with Crippen LogP contribution in [0.2, 0.25) is 0 Å². The van der Waals surface area contributed by atoms with Crippen LogP contribution in [0.1, 0.15) is 15.9 Å². The summed E-state index contributed by atoms with van der Waals surface area (Å²) in [4.78, 5) is 11.1. The molecule has 0 saturated carbocycles. The lowest BCUT2D eigenvalue weighted by molar-refractivity contribution is 0.0595. The lowest BCUT2D eigenvalue weighted by Crippen LogP contribution is -2.09. The fraction of sp³-hybridized carbons (Fsp3) is 0.222. The lowest BCUT2D eigenvalue weighted by atomic mass is 10.1. The van der Waals surface area contributed by atoms with Gasteiger partial charge in [0.1, 0.15) is 0 Å². The zero-order valence-electron chi connectivity index (χ0n) is 8.15. The molecule has 0 N–H and O–H groups in total. The summed E-state index contributed by atoms with van der Waals surface area (Å²) in [5.41, 5.74) is 0.485. The zero-order chi connectivity index (χ0) is 11.6. The first-order valence-electron chi connectivity index (χ1n) is 4.00. The molecular weight excluding hydrogens is 240 g/mol. The van der Waals surface area contributed by atoms with E-state index in [0.29, 0.717) is 5.56 Å². The highest BCUT2D eigenvalue weighted by Gasteiger charge is 2.22. The summed E-state index contributed by atoms with van der Waals surface area (Å²) >= 11 is 0. The monoisotopic (exact) mass is 248 g/mol. The highest BCUT2D eigenvalue weighted by molar-refractivity contribution is 8.13. The highest BCUT2D eigenvalue weighted by Crippen LogP contribution is 2.23. The average molecular weight is 249 g/mol. The Balaban J connectivity index is 3.54. The van der Waals surface area contributed by atoms with Crippen molar-refractivity contribution in [3.63, 3.8) is 0 Å². The molecule has 0 aliphatic carbocycles.